The maximum atomic E-state index is 11.7. The number of ketones is 1. The highest BCUT2D eigenvalue weighted by atomic mass is 35.5. The molecule has 0 saturated carbocycles. The van der Waals surface area contributed by atoms with Crippen LogP contribution in [0.1, 0.15) is 12.5 Å². The second kappa shape index (κ2) is 6.81. The van der Waals surface area contributed by atoms with Crippen molar-refractivity contribution in [3.63, 3.8) is 0 Å². The number of azo groups is 1. The monoisotopic (exact) mass is 300 g/mol. The van der Waals surface area contributed by atoms with Crippen LogP contribution in [0.25, 0.3) is 5.76 Å². The molecule has 2 aromatic rings. The van der Waals surface area contributed by atoms with Crippen LogP contribution in [0.4, 0.5) is 5.69 Å². The molecular weight excluding hydrogens is 288 g/mol. The van der Waals surface area contributed by atoms with E-state index in [0.717, 1.165) is 0 Å². The number of nitrogens with zero attached hydrogens (tertiary/aromatic N) is 2. The highest BCUT2D eigenvalue weighted by Gasteiger charge is 2.12. The largest absolute Gasteiger partial charge is 0.505 e. The quantitative estimate of drug-likeness (QED) is 0.494. The first-order chi connectivity index (χ1) is 10.1. The molecule has 0 radical (unpaired) electrons. The Hall–Kier alpha value is -2.46. The Balaban J connectivity index is 2.41. The van der Waals surface area contributed by atoms with Crippen LogP contribution >= 0.6 is 11.6 Å². The van der Waals surface area contributed by atoms with Gasteiger partial charge in [-0.15, -0.1) is 10.2 Å². The fourth-order valence-corrected chi connectivity index (χ4v) is 1.83. The fourth-order valence-electron chi connectivity index (χ4n) is 1.65. The molecule has 0 amide bonds. The summed E-state index contributed by atoms with van der Waals surface area (Å²) in [5.74, 6) is -0.592. The first-order valence-corrected chi connectivity index (χ1v) is 6.63. The Morgan fingerprint density at radius 2 is 1.67 bits per heavy atom. The van der Waals surface area contributed by atoms with E-state index in [1.54, 1.807) is 48.5 Å². The van der Waals surface area contributed by atoms with Crippen molar-refractivity contribution in [1.82, 2.24) is 0 Å². The van der Waals surface area contributed by atoms with Crippen molar-refractivity contribution < 1.29 is 9.90 Å². The predicted molar refractivity (Wildman–Crippen MR) is 82.6 cm³/mol. The molecule has 0 fully saturated rings. The van der Waals surface area contributed by atoms with Crippen LogP contribution in [0.15, 0.2) is 70.5 Å². The first kappa shape index (κ1) is 14.9. The summed E-state index contributed by atoms with van der Waals surface area (Å²) < 4.78 is 0. The zero-order chi connectivity index (χ0) is 15.2. The molecule has 2 aromatic carbocycles. The highest BCUT2D eigenvalue weighted by molar-refractivity contribution is 6.32. The number of carbonyl (C=O) groups is 1. The summed E-state index contributed by atoms with van der Waals surface area (Å²) >= 11 is 5.97. The number of benzene rings is 2. The summed E-state index contributed by atoms with van der Waals surface area (Å²) in [5, 5.41) is 18.4. The number of aliphatic hydroxyl groups is 1. The van der Waals surface area contributed by atoms with Crippen molar-refractivity contribution in [2.45, 2.75) is 6.92 Å². The minimum atomic E-state index is -0.382. The second-order valence-corrected chi connectivity index (χ2v) is 4.68. The molecule has 0 aromatic heterocycles. The minimum Gasteiger partial charge on any atom is -0.505 e. The first-order valence-electron chi connectivity index (χ1n) is 6.25. The molecule has 1 N–H and O–H groups in total. The lowest BCUT2D eigenvalue weighted by atomic mass is 10.1. The Labute approximate surface area is 127 Å². The lowest BCUT2D eigenvalue weighted by molar-refractivity contribution is -0.113. The molecule has 0 bridgehead atoms. The van der Waals surface area contributed by atoms with Gasteiger partial charge >= 0.3 is 0 Å². The maximum absolute atomic E-state index is 11.7. The van der Waals surface area contributed by atoms with Gasteiger partial charge < -0.3 is 5.11 Å². The molecule has 21 heavy (non-hydrogen) atoms. The van der Waals surface area contributed by atoms with Crippen molar-refractivity contribution >= 4 is 28.8 Å². The van der Waals surface area contributed by atoms with Gasteiger partial charge in [0.25, 0.3) is 0 Å². The summed E-state index contributed by atoms with van der Waals surface area (Å²) in [4.78, 5) is 11.7. The molecule has 0 atom stereocenters. The molecule has 0 unspecified atom stereocenters. The molecule has 0 saturated heterocycles. The summed E-state index contributed by atoms with van der Waals surface area (Å²) in [5.41, 5.74) is 0.820. The summed E-state index contributed by atoms with van der Waals surface area (Å²) in [6, 6.07) is 15.6. The van der Waals surface area contributed by atoms with Crippen LogP contribution in [0.2, 0.25) is 5.02 Å². The molecule has 106 valence electrons. The van der Waals surface area contributed by atoms with Gasteiger partial charge in [0.15, 0.2) is 17.2 Å². The van der Waals surface area contributed by atoms with E-state index in [0.29, 0.717) is 16.3 Å². The highest BCUT2D eigenvalue weighted by Crippen LogP contribution is 2.26. The lowest BCUT2D eigenvalue weighted by Gasteiger charge is -2.03. The van der Waals surface area contributed by atoms with Gasteiger partial charge in [-0.3, -0.25) is 4.79 Å². The van der Waals surface area contributed by atoms with Gasteiger partial charge in [0.1, 0.15) is 5.69 Å². The Morgan fingerprint density at radius 3 is 2.29 bits per heavy atom. The van der Waals surface area contributed by atoms with Crippen molar-refractivity contribution in [1.29, 1.82) is 0 Å². The Bertz CT molecular complexity index is 709. The molecule has 0 spiro atoms. The van der Waals surface area contributed by atoms with Gasteiger partial charge in [0.2, 0.25) is 0 Å². The normalized spacial score (nSPS) is 12.3. The smallest absolute Gasteiger partial charge is 0.183 e. The summed E-state index contributed by atoms with van der Waals surface area (Å²) in [7, 11) is 0. The number of carbonyl (C=O) groups excluding carboxylic acids is 1. The third kappa shape index (κ3) is 3.77. The number of aliphatic hydroxyl groups excluding tert-OH is 1. The van der Waals surface area contributed by atoms with Crippen LogP contribution in [-0.4, -0.2) is 10.9 Å². The second-order valence-electron chi connectivity index (χ2n) is 4.27. The average molecular weight is 301 g/mol. The summed E-state index contributed by atoms with van der Waals surface area (Å²) in [6.07, 6.45) is 0. The maximum Gasteiger partial charge on any atom is 0.183 e. The molecule has 4 nitrogen and oxygen atoms in total. The Kier molecular flexibility index (Phi) is 4.85. The van der Waals surface area contributed by atoms with Crippen molar-refractivity contribution in [2.24, 2.45) is 10.2 Å². The average Bonchev–Trinajstić information content (AvgIpc) is 2.49. The fraction of sp³-hybridized carbons (Fsp3) is 0.0625. The molecule has 0 aliphatic rings. The SMILES string of the molecule is CC(=O)/C(N=Nc1ccccc1Cl)=C(/O)c1ccccc1. The van der Waals surface area contributed by atoms with Gasteiger partial charge in [-0.05, 0) is 12.1 Å². The molecule has 0 heterocycles. The molecular formula is C16H13ClN2O2. The van der Waals surface area contributed by atoms with Crippen molar-refractivity contribution in [3.05, 3.63) is 70.9 Å². The lowest BCUT2D eigenvalue weighted by Crippen LogP contribution is -1.98. The van der Waals surface area contributed by atoms with E-state index in [1.165, 1.54) is 6.92 Å². The van der Waals surface area contributed by atoms with Crippen LogP contribution in [0, 0.1) is 0 Å². The topological polar surface area (TPSA) is 62.0 Å². The summed E-state index contributed by atoms with van der Waals surface area (Å²) in [6.45, 7) is 1.32. The number of Topliss-reactive ketones (excluding diaryl/α,β-unsaturated/α-hetero) is 1. The van der Waals surface area contributed by atoms with Gasteiger partial charge in [0, 0.05) is 12.5 Å². The van der Waals surface area contributed by atoms with Crippen LogP contribution in [-0.2, 0) is 4.79 Å². The van der Waals surface area contributed by atoms with Crippen molar-refractivity contribution in [3.8, 4) is 0 Å². The van der Waals surface area contributed by atoms with E-state index < -0.39 is 0 Å². The third-order valence-corrected chi connectivity index (χ3v) is 3.03. The standard InChI is InChI=1S/C16H13ClN2O2/c1-11(20)15(16(21)12-7-3-2-4-8-12)19-18-14-10-6-5-9-13(14)17/h2-10,21H,1H3/b16-15-,19-18?. The zero-order valence-corrected chi connectivity index (χ0v) is 12.1. The van der Waals surface area contributed by atoms with Crippen LogP contribution < -0.4 is 0 Å². The van der Waals surface area contributed by atoms with Gasteiger partial charge in [0.05, 0.1) is 5.02 Å². The number of hydrogen-bond donors (Lipinski definition) is 1. The molecule has 0 aliphatic heterocycles. The Morgan fingerprint density at radius 1 is 1.05 bits per heavy atom. The van der Waals surface area contributed by atoms with Crippen LogP contribution in [0.3, 0.4) is 0 Å². The van der Waals surface area contributed by atoms with Gasteiger partial charge in [-0.1, -0.05) is 54.1 Å². The van der Waals surface area contributed by atoms with E-state index in [4.69, 9.17) is 11.6 Å². The molecule has 2 rings (SSSR count). The van der Waals surface area contributed by atoms with E-state index in [9.17, 15) is 9.90 Å². The van der Waals surface area contributed by atoms with Gasteiger partial charge in [-0.25, -0.2) is 0 Å². The number of rotatable bonds is 4. The number of allylic oxidation sites excluding steroid dienone is 1. The van der Waals surface area contributed by atoms with Crippen molar-refractivity contribution in [2.75, 3.05) is 0 Å². The van der Waals surface area contributed by atoms with E-state index in [2.05, 4.69) is 10.2 Å². The van der Waals surface area contributed by atoms with Gasteiger partial charge in [-0.2, -0.15) is 0 Å². The van der Waals surface area contributed by atoms with E-state index >= 15 is 0 Å². The molecule has 5 heteroatoms. The zero-order valence-electron chi connectivity index (χ0n) is 11.3. The van der Waals surface area contributed by atoms with E-state index in [1.807, 2.05) is 6.07 Å². The van der Waals surface area contributed by atoms with E-state index in [-0.39, 0.29) is 17.2 Å². The predicted octanol–water partition coefficient (Wildman–Crippen LogP) is 4.94. The third-order valence-electron chi connectivity index (χ3n) is 2.72. The minimum absolute atomic E-state index is 0.110. The number of hydrogen-bond acceptors (Lipinski definition) is 4. The number of halogens is 1. The van der Waals surface area contributed by atoms with Crippen LogP contribution in [0.5, 0.6) is 0 Å². The molecule has 0 aliphatic carbocycles.